The molecule has 1 aliphatic heterocycles. The van der Waals surface area contributed by atoms with Crippen molar-refractivity contribution in [1.82, 2.24) is 9.97 Å². The Labute approximate surface area is 115 Å². The maximum atomic E-state index is 13.4. The predicted octanol–water partition coefficient (Wildman–Crippen LogP) is 2.89. The summed E-state index contributed by atoms with van der Waals surface area (Å²) in [5.74, 6) is -1.31. The number of nitrogens with zero attached hydrogens (tertiary/aromatic N) is 2. The van der Waals surface area contributed by atoms with Crippen molar-refractivity contribution in [3.05, 3.63) is 30.1 Å². The highest BCUT2D eigenvalue weighted by Gasteiger charge is 2.23. The number of hydrogen-bond acceptors (Lipinski definition) is 4. The van der Waals surface area contributed by atoms with E-state index in [1.165, 1.54) is 6.33 Å². The Morgan fingerprint density at radius 3 is 2.85 bits per heavy atom. The van der Waals surface area contributed by atoms with Gasteiger partial charge in [0.2, 0.25) is 0 Å². The van der Waals surface area contributed by atoms with Crippen molar-refractivity contribution in [3.8, 4) is 0 Å². The molecule has 106 valence electrons. The Kier molecular flexibility index (Phi) is 3.48. The monoisotopic (exact) mass is 279 g/mol. The van der Waals surface area contributed by atoms with Gasteiger partial charge in [0.05, 0.1) is 17.7 Å². The van der Waals surface area contributed by atoms with Crippen molar-refractivity contribution >= 4 is 16.7 Å². The van der Waals surface area contributed by atoms with Crippen LogP contribution in [-0.4, -0.2) is 28.7 Å². The van der Waals surface area contributed by atoms with Crippen LogP contribution >= 0.6 is 0 Å². The number of nitrogens with one attached hydrogen (secondary N) is 1. The number of fused-ring (bicyclic) bond motifs is 1. The molecule has 3 rings (SSSR count). The van der Waals surface area contributed by atoms with Gasteiger partial charge in [0, 0.05) is 18.1 Å². The molecule has 4 nitrogen and oxygen atoms in total. The van der Waals surface area contributed by atoms with Crippen LogP contribution in [0.3, 0.4) is 0 Å². The molecule has 20 heavy (non-hydrogen) atoms. The Morgan fingerprint density at radius 1 is 1.30 bits per heavy atom. The Bertz CT molecular complexity index is 629. The normalized spacial score (nSPS) is 20.2. The first-order chi connectivity index (χ1) is 9.65. The van der Waals surface area contributed by atoms with Crippen LogP contribution in [0.2, 0.25) is 0 Å². The number of benzene rings is 1. The second kappa shape index (κ2) is 5.28. The number of aromatic nitrogens is 2. The molecule has 0 bridgehead atoms. The Hall–Kier alpha value is -1.82. The van der Waals surface area contributed by atoms with E-state index in [0.29, 0.717) is 16.7 Å². The third-order valence-electron chi connectivity index (χ3n) is 3.56. The molecule has 1 aliphatic rings. The van der Waals surface area contributed by atoms with E-state index >= 15 is 0 Å². The third-order valence-corrected chi connectivity index (χ3v) is 3.56. The van der Waals surface area contributed by atoms with Crippen LogP contribution < -0.4 is 5.32 Å². The summed E-state index contributed by atoms with van der Waals surface area (Å²) < 4.78 is 32.2. The minimum Gasteiger partial charge on any atom is -0.376 e. The lowest BCUT2D eigenvalue weighted by atomic mass is 10.1. The highest BCUT2D eigenvalue weighted by molar-refractivity contribution is 5.88. The van der Waals surface area contributed by atoms with Gasteiger partial charge in [0.1, 0.15) is 12.1 Å². The molecule has 0 aliphatic carbocycles. The van der Waals surface area contributed by atoms with Crippen molar-refractivity contribution < 1.29 is 13.5 Å². The fourth-order valence-corrected chi connectivity index (χ4v) is 2.47. The first kappa shape index (κ1) is 13.2. The molecule has 1 fully saturated rings. The van der Waals surface area contributed by atoms with Crippen LogP contribution in [0.1, 0.15) is 19.8 Å². The zero-order valence-electron chi connectivity index (χ0n) is 11.1. The first-order valence-corrected chi connectivity index (χ1v) is 6.63. The average molecular weight is 279 g/mol. The van der Waals surface area contributed by atoms with Crippen molar-refractivity contribution in [2.45, 2.75) is 31.9 Å². The van der Waals surface area contributed by atoms with Crippen LogP contribution in [-0.2, 0) is 4.74 Å². The fourth-order valence-electron chi connectivity index (χ4n) is 2.47. The van der Waals surface area contributed by atoms with Crippen molar-refractivity contribution in [3.63, 3.8) is 0 Å². The largest absolute Gasteiger partial charge is 0.376 e. The summed E-state index contributed by atoms with van der Waals surface area (Å²) in [4.78, 5) is 8.08. The van der Waals surface area contributed by atoms with E-state index in [1.807, 2.05) is 6.92 Å². The molecule has 6 heteroatoms. The van der Waals surface area contributed by atoms with E-state index < -0.39 is 11.6 Å². The van der Waals surface area contributed by atoms with Gasteiger partial charge < -0.3 is 10.1 Å². The van der Waals surface area contributed by atoms with Crippen LogP contribution in [0, 0.1) is 11.6 Å². The van der Waals surface area contributed by atoms with Crippen LogP contribution in [0.25, 0.3) is 10.9 Å². The quantitative estimate of drug-likeness (QED) is 0.938. The highest BCUT2D eigenvalue weighted by Crippen LogP contribution is 2.24. The molecular weight excluding hydrogens is 264 g/mol. The minimum absolute atomic E-state index is 0.0451. The Balaban J connectivity index is 1.92. The van der Waals surface area contributed by atoms with Gasteiger partial charge in [-0.15, -0.1) is 0 Å². The number of anilines is 1. The standard InChI is InChI=1S/C14H15F2N3O/c1-8(13-3-2-4-20-13)19-14-9-5-10(15)11(16)6-12(9)17-7-18-14/h5-8,13H,2-4H2,1H3,(H,17,18,19). The van der Waals surface area contributed by atoms with Crippen molar-refractivity contribution in [1.29, 1.82) is 0 Å². The fraction of sp³-hybridized carbons (Fsp3) is 0.429. The minimum atomic E-state index is -0.908. The smallest absolute Gasteiger partial charge is 0.161 e. The third kappa shape index (κ3) is 2.43. The Morgan fingerprint density at radius 2 is 2.10 bits per heavy atom. The van der Waals surface area contributed by atoms with Gasteiger partial charge in [-0.3, -0.25) is 0 Å². The molecule has 1 aromatic carbocycles. The molecule has 2 heterocycles. The summed E-state index contributed by atoms with van der Waals surface area (Å²) in [7, 11) is 0. The molecule has 0 radical (unpaired) electrons. The summed E-state index contributed by atoms with van der Waals surface area (Å²) in [6, 6.07) is 2.24. The van der Waals surface area contributed by atoms with Crippen LogP contribution in [0.15, 0.2) is 18.5 Å². The summed E-state index contributed by atoms with van der Waals surface area (Å²) in [6.07, 6.45) is 3.48. The van der Waals surface area contributed by atoms with Gasteiger partial charge in [-0.05, 0) is 25.8 Å². The number of hydrogen-bond donors (Lipinski definition) is 1. The highest BCUT2D eigenvalue weighted by atomic mass is 19.2. The van der Waals surface area contributed by atoms with E-state index in [4.69, 9.17) is 4.74 Å². The van der Waals surface area contributed by atoms with E-state index in [0.717, 1.165) is 31.6 Å². The van der Waals surface area contributed by atoms with E-state index in [9.17, 15) is 8.78 Å². The van der Waals surface area contributed by atoms with Crippen LogP contribution in [0.4, 0.5) is 14.6 Å². The first-order valence-electron chi connectivity index (χ1n) is 6.63. The van der Waals surface area contributed by atoms with Gasteiger partial charge in [0.15, 0.2) is 11.6 Å². The molecule has 2 atom stereocenters. The van der Waals surface area contributed by atoms with Gasteiger partial charge in [-0.1, -0.05) is 0 Å². The number of halogens is 2. The summed E-state index contributed by atoms with van der Waals surface area (Å²) in [6.45, 7) is 2.75. The topological polar surface area (TPSA) is 47.0 Å². The summed E-state index contributed by atoms with van der Waals surface area (Å²) in [5.41, 5.74) is 0.376. The molecule has 0 amide bonds. The number of rotatable bonds is 3. The second-order valence-corrected chi connectivity index (χ2v) is 4.99. The summed E-state index contributed by atoms with van der Waals surface area (Å²) in [5, 5.41) is 3.68. The van der Waals surface area contributed by atoms with E-state index in [-0.39, 0.29) is 12.1 Å². The molecule has 1 N–H and O–H groups in total. The molecule has 1 aromatic heterocycles. The van der Waals surface area contributed by atoms with E-state index in [2.05, 4.69) is 15.3 Å². The zero-order valence-corrected chi connectivity index (χ0v) is 11.1. The lowest BCUT2D eigenvalue weighted by molar-refractivity contribution is 0.0996. The van der Waals surface area contributed by atoms with Crippen LogP contribution in [0.5, 0.6) is 0 Å². The number of ether oxygens (including phenoxy) is 1. The van der Waals surface area contributed by atoms with E-state index in [1.54, 1.807) is 0 Å². The maximum Gasteiger partial charge on any atom is 0.161 e. The summed E-state index contributed by atoms with van der Waals surface area (Å²) >= 11 is 0. The average Bonchev–Trinajstić information content (AvgIpc) is 2.95. The lowest BCUT2D eigenvalue weighted by Crippen LogP contribution is -2.30. The van der Waals surface area contributed by atoms with Gasteiger partial charge in [-0.2, -0.15) is 0 Å². The zero-order chi connectivity index (χ0) is 14.1. The SMILES string of the molecule is CC(Nc1ncnc2cc(F)c(F)cc12)C1CCCO1. The van der Waals surface area contributed by atoms with Crippen molar-refractivity contribution in [2.24, 2.45) is 0 Å². The molecule has 0 spiro atoms. The van der Waals surface area contributed by atoms with Crippen molar-refractivity contribution in [2.75, 3.05) is 11.9 Å². The molecule has 2 aromatic rings. The molecule has 2 unspecified atom stereocenters. The maximum absolute atomic E-state index is 13.4. The van der Waals surface area contributed by atoms with Gasteiger partial charge in [0.25, 0.3) is 0 Å². The second-order valence-electron chi connectivity index (χ2n) is 4.99. The molecule has 1 saturated heterocycles. The van der Waals surface area contributed by atoms with Gasteiger partial charge >= 0.3 is 0 Å². The molecule has 0 saturated carbocycles. The lowest BCUT2D eigenvalue weighted by Gasteiger charge is -2.21. The molecular formula is C14H15F2N3O. The van der Waals surface area contributed by atoms with Gasteiger partial charge in [-0.25, -0.2) is 18.7 Å². The predicted molar refractivity (Wildman–Crippen MR) is 71.5 cm³/mol.